The Balaban J connectivity index is 0.994. The van der Waals surface area contributed by atoms with Crippen molar-refractivity contribution in [3.05, 3.63) is 161 Å². The van der Waals surface area contributed by atoms with Crippen molar-refractivity contribution < 1.29 is 57.3 Å². The predicted molar refractivity (Wildman–Crippen MR) is 260 cm³/mol. The molecule has 0 radical (unpaired) electrons. The van der Waals surface area contributed by atoms with Crippen LogP contribution in [0.2, 0.25) is 0 Å². The number of nitrogens with one attached hydrogen (secondary N) is 3. The monoisotopic (exact) mass is 1010 g/mol. The summed E-state index contributed by atoms with van der Waals surface area (Å²) in [5.74, 6) is 0.0349. The number of aliphatic hydroxyl groups excluding tert-OH is 1. The molecular weight excluding hydrogens is 951 g/mol. The van der Waals surface area contributed by atoms with Crippen LogP contribution in [-0.4, -0.2) is 114 Å². The Labute approximate surface area is 419 Å². The largest absolute Gasteiger partial charge is 0.497 e. The van der Waals surface area contributed by atoms with E-state index in [-0.39, 0.29) is 31.7 Å². The second kappa shape index (κ2) is 23.0. The third-order valence-electron chi connectivity index (χ3n) is 12.9. The van der Waals surface area contributed by atoms with Crippen molar-refractivity contribution in [2.45, 2.75) is 108 Å². The first kappa shape index (κ1) is 52.6. The molecule has 1 amide bonds. The Hall–Kier alpha value is -6.72. The van der Waals surface area contributed by atoms with Gasteiger partial charge in [-0.25, -0.2) is 9.59 Å². The number of H-pyrrole nitrogens is 2. The molecule has 8 atom stereocenters. The van der Waals surface area contributed by atoms with E-state index in [2.05, 4.69) is 15.3 Å². The standard InChI is InChI=1S/C52H61N5O16/c1-51(2,3)48(62)69-28-38-37(72-43-13-9-10-24-67-43)25-42(71-38)57-27-31(46(61)55-50(57)64)26-53-41(59)30-68-45-44(60)39(73-47(45)56-23-22-40(58)54-49(56)63)29-70-52(32-11-7-6-8-12-32,33-14-18-35(65-4)19-15-33)34-16-20-36(66-5)21-17-34/h6-8,11-12,14-23,27,37-39,42-45,47,60H,9-10,13,24-26,28-30H2,1-5H3,(H,53,59)(H,54,58,63)(H,55,61,64)/t37-,38+,39+,42+,43?,44+,45+,47+/m0/s1. The van der Waals surface area contributed by atoms with E-state index in [1.165, 1.54) is 17.0 Å². The molecule has 0 bridgehead atoms. The SMILES string of the molecule is COc1ccc(C(OC[C@H]2O[C@@H](n3ccc(=O)[nH]c3=O)[C@H](OCC(=O)NCc3cn([C@H]4C[C@H](OC5CCCCO5)[C@@H](COC(=O)C(C)(C)C)O4)c(=O)[nH]c3=O)[C@@H]2O)(c2ccccc2)c2ccc(OC)cc2)cc1. The fourth-order valence-corrected chi connectivity index (χ4v) is 9.00. The summed E-state index contributed by atoms with van der Waals surface area (Å²) in [6.45, 7) is 4.20. The maximum atomic E-state index is 13.5. The molecule has 0 saturated carbocycles. The number of benzene rings is 3. The van der Waals surface area contributed by atoms with E-state index < -0.39 is 101 Å². The zero-order valence-corrected chi connectivity index (χ0v) is 41.2. The number of esters is 1. The highest BCUT2D eigenvalue weighted by molar-refractivity contribution is 5.77. The second-order valence-corrected chi connectivity index (χ2v) is 18.9. The molecule has 3 fully saturated rings. The molecule has 1 unspecified atom stereocenters. The van der Waals surface area contributed by atoms with Gasteiger partial charge in [0.05, 0.1) is 37.9 Å². The molecular formula is C52H61N5O16. The van der Waals surface area contributed by atoms with Crippen molar-refractivity contribution in [2.75, 3.05) is 40.6 Å². The van der Waals surface area contributed by atoms with Gasteiger partial charge in [0.1, 0.15) is 61.0 Å². The lowest BCUT2D eigenvalue weighted by Crippen LogP contribution is -2.42. The molecule has 2 aromatic heterocycles. The Bertz CT molecular complexity index is 2860. The number of nitrogens with zero attached hydrogens (tertiary/aromatic N) is 2. The first-order valence-electron chi connectivity index (χ1n) is 24.0. The third kappa shape index (κ3) is 12.1. The van der Waals surface area contributed by atoms with Crippen LogP contribution < -0.4 is 37.3 Å². The number of aromatic amines is 2. The van der Waals surface area contributed by atoms with Crippen LogP contribution in [0.15, 0.2) is 117 Å². The summed E-state index contributed by atoms with van der Waals surface area (Å²) in [5, 5.41) is 14.6. The van der Waals surface area contributed by atoms with E-state index in [1.54, 1.807) is 59.3 Å². The van der Waals surface area contributed by atoms with Crippen molar-refractivity contribution in [2.24, 2.45) is 5.41 Å². The number of carbonyl (C=O) groups is 2. The Morgan fingerprint density at radius 3 is 2.07 bits per heavy atom. The molecule has 3 aliphatic rings. The third-order valence-corrected chi connectivity index (χ3v) is 12.9. The molecule has 8 rings (SSSR count). The molecule has 21 nitrogen and oxygen atoms in total. The van der Waals surface area contributed by atoms with E-state index in [0.29, 0.717) is 35.7 Å². The summed E-state index contributed by atoms with van der Waals surface area (Å²) < 4.78 is 56.4. The molecule has 0 spiro atoms. The summed E-state index contributed by atoms with van der Waals surface area (Å²) in [4.78, 5) is 82.4. The fourth-order valence-electron chi connectivity index (χ4n) is 9.00. The van der Waals surface area contributed by atoms with Crippen LogP contribution in [-0.2, 0) is 54.9 Å². The molecule has 3 saturated heterocycles. The van der Waals surface area contributed by atoms with Crippen LogP contribution >= 0.6 is 0 Å². The van der Waals surface area contributed by atoms with E-state index >= 15 is 0 Å². The molecule has 21 heteroatoms. The molecule has 3 aliphatic heterocycles. The highest BCUT2D eigenvalue weighted by atomic mass is 16.7. The van der Waals surface area contributed by atoms with Gasteiger partial charge in [-0.2, -0.15) is 0 Å². The van der Waals surface area contributed by atoms with E-state index in [4.69, 9.17) is 42.6 Å². The maximum absolute atomic E-state index is 13.5. The van der Waals surface area contributed by atoms with Crippen molar-refractivity contribution in [1.82, 2.24) is 24.4 Å². The summed E-state index contributed by atoms with van der Waals surface area (Å²) in [6, 6.07) is 25.2. The van der Waals surface area contributed by atoms with Gasteiger partial charge in [-0.05, 0) is 81.0 Å². The average molecular weight is 1010 g/mol. The van der Waals surface area contributed by atoms with Crippen LogP contribution in [0.5, 0.6) is 11.5 Å². The number of aliphatic hydroxyl groups is 1. The summed E-state index contributed by atoms with van der Waals surface area (Å²) >= 11 is 0. The molecule has 73 heavy (non-hydrogen) atoms. The van der Waals surface area contributed by atoms with Crippen molar-refractivity contribution in [3.8, 4) is 11.5 Å². The Kier molecular flexibility index (Phi) is 16.6. The predicted octanol–water partition coefficient (Wildman–Crippen LogP) is 3.16. The number of ether oxygens (including phenoxy) is 9. The number of amides is 1. The van der Waals surface area contributed by atoms with E-state index in [0.717, 1.165) is 29.0 Å². The van der Waals surface area contributed by atoms with Crippen LogP contribution in [0.4, 0.5) is 0 Å². The molecule has 4 N–H and O–H groups in total. The van der Waals surface area contributed by atoms with E-state index in [9.17, 15) is 33.9 Å². The average Bonchev–Trinajstić information content (AvgIpc) is 3.93. The first-order valence-corrected chi connectivity index (χ1v) is 24.0. The smallest absolute Gasteiger partial charge is 0.330 e. The zero-order chi connectivity index (χ0) is 51.9. The van der Waals surface area contributed by atoms with Gasteiger partial charge in [-0.15, -0.1) is 0 Å². The van der Waals surface area contributed by atoms with Crippen molar-refractivity contribution in [1.29, 1.82) is 0 Å². The van der Waals surface area contributed by atoms with Gasteiger partial charge in [0.15, 0.2) is 12.5 Å². The highest BCUT2D eigenvalue weighted by Gasteiger charge is 2.49. The molecule has 390 valence electrons. The van der Waals surface area contributed by atoms with Crippen molar-refractivity contribution >= 4 is 11.9 Å². The quantitative estimate of drug-likeness (QED) is 0.0684. The lowest BCUT2D eigenvalue weighted by Gasteiger charge is -2.37. The van der Waals surface area contributed by atoms with Crippen LogP contribution in [0.1, 0.15) is 81.2 Å². The number of rotatable bonds is 19. The molecule has 3 aromatic carbocycles. The minimum Gasteiger partial charge on any atom is -0.497 e. The fraction of sp³-hybridized carbons (Fsp3) is 0.462. The zero-order valence-electron chi connectivity index (χ0n) is 41.2. The minimum atomic E-state index is -1.52. The molecule has 5 aromatic rings. The first-order chi connectivity index (χ1) is 35.1. The van der Waals surface area contributed by atoms with E-state index in [1.807, 2.05) is 54.6 Å². The second-order valence-electron chi connectivity index (χ2n) is 18.9. The minimum absolute atomic E-state index is 0.0121. The van der Waals surface area contributed by atoms with Crippen LogP contribution in [0.25, 0.3) is 0 Å². The van der Waals surface area contributed by atoms with Gasteiger partial charge in [0, 0.05) is 38.0 Å². The van der Waals surface area contributed by atoms with Gasteiger partial charge in [-0.3, -0.25) is 38.3 Å². The lowest BCUT2D eigenvalue weighted by molar-refractivity contribution is -0.202. The topological polar surface area (TPSA) is 259 Å². The summed E-state index contributed by atoms with van der Waals surface area (Å²) in [6.07, 6.45) is -3.26. The number of carbonyl (C=O) groups excluding carboxylic acids is 2. The van der Waals surface area contributed by atoms with Gasteiger partial charge in [0.25, 0.3) is 11.1 Å². The summed E-state index contributed by atoms with van der Waals surface area (Å²) in [7, 11) is 3.13. The van der Waals surface area contributed by atoms with Crippen molar-refractivity contribution in [3.63, 3.8) is 0 Å². The molecule has 0 aliphatic carbocycles. The summed E-state index contributed by atoms with van der Waals surface area (Å²) in [5.41, 5.74) is -3.06. The molecule has 5 heterocycles. The number of aromatic nitrogens is 4. The van der Waals surface area contributed by atoms with Gasteiger partial charge in [-0.1, -0.05) is 54.6 Å². The van der Waals surface area contributed by atoms with Gasteiger partial charge in [0.2, 0.25) is 5.91 Å². The number of methoxy groups -OCH3 is 2. The highest BCUT2D eigenvalue weighted by Crippen LogP contribution is 2.43. The van der Waals surface area contributed by atoms with Gasteiger partial charge >= 0.3 is 17.3 Å². The lowest BCUT2D eigenvalue weighted by atomic mass is 9.80. The van der Waals surface area contributed by atoms with Crippen LogP contribution in [0.3, 0.4) is 0 Å². The normalized spacial score (nSPS) is 23.2. The number of hydrogen-bond acceptors (Lipinski definition) is 16. The Morgan fingerprint density at radius 1 is 0.795 bits per heavy atom. The van der Waals surface area contributed by atoms with Crippen LogP contribution in [0, 0.1) is 5.41 Å². The maximum Gasteiger partial charge on any atom is 0.330 e. The van der Waals surface area contributed by atoms with Gasteiger partial charge < -0.3 is 53.1 Å². The number of hydrogen-bond donors (Lipinski definition) is 4. The Morgan fingerprint density at radius 2 is 1.45 bits per heavy atom.